The van der Waals surface area contributed by atoms with Crippen molar-refractivity contribution in [2.75, 3.05) is 72.4 Å². The molecule has 1 N–H and O–H groups in total. The minimum absolute atomic E-state index is 0.0103. The van der Waals surface area contributed by atoms with Crippen LogP contribution in [-0.2, 0) is 31.7 Å². The number of nitrogens with zero attached hydrogens (tertiary/aromatic N) is 5. The van der Waals surface area contributed by atoms with Crippen LogP contribution in [0, 0.1) is 0 Å². The first-order valence-corrected chi connectivity index (χ1v) is 18.8. The van der Waals surface area contributed by atoms with E-state index in [0.717, 1.165) is 49.9 Å². The largest absolute Gasteiger partial charge is 0.573 e. The Morgan fingerprint density at radius 2 is 1.69 bits per heavy atom. The van der Waals surface area contributed by atoms with Gasteiger partial charge in [-0.25, -0.2) is 12.7 Å². The number of hydrogen-bond donors (Lipinski definition) is 1. The second kappa shape index (κ2) is 14.8. The first-order chi connectivity index (χ1) is 25.4. The molecule has 3 atom stereocenters. The summed E-state index contributed by atoms with van der Waals surface area (Å²) < 4.78 is 86.3. The second-order valence-corrected chi connectivity index (χ2v) is 15.9. The van der Waals surface area contributed by atoms with Crippen LogP contribution in [0.25, 0.3) is 0 Å². The number of aliphatic hydroxyl groups is 1. The summed E-state index contributed by atoms with van der Waals surface area (Å²) >= 11 is 6.60. The van der Waals surface area contributed by atoms with Crippen LogP contribution in [0.15, 0.2) is 59.5 Å². The molecule has 0 bridgehead atoms. The van der Waals surface area contributed by atoms with E-state index in [1.54, 1.807) is 12.1 Å². The number of methoxy groups -OCH3 is 2. The highest BCUT2D eigenvalue weighted by Gasteiger charge is 2.64. The Labute approximate surface area is 316 Å². The van der Waals surface area contributed by atoms with Gasteiger partial charge < -0.3 is 29.1 Å². The van der Waals surface area contributed by atoms with E-state index in [0.29, 0.717) is 10.8 Å². The number of carbonyl (C=O) groups excluding carboxylic acids is 2. The highest BCUT2D eigenvalue weighted by atomic mass is 35.5. The van der Waals surface area contributed by atoms with Crippen LogP contribution in [0.3, 0.4) is 0 Å². The zero-order valence-electron chi connectivity index (χ0n) is 30.3. The topological polar surface area (TPSA) is 132 Å². The Kier molecular flexibility index (Phi) is 10.9. The standard InChI is InChI=1S/C36H41ClF3N5O8S/c1-41(2)33(47)29-18-24(46)21-44(29)35(27-16-22(6-10-30(27)52-5)20-43-14-12-42(3)13-15-43)26-17-23(37)7-9-28(26)45(34(35)48)54(49,50)32-11-8-25(51-4)19-31(32)53-36(38,39)40/h6-11,16-17,19,24,29,46H,12-15,18,20-21H2,1-5H3/t24-,29+,35?/m1/s1. The number of amides is 2. The highest BCUT2D eigenvalue weighted by Crippen LogP contribution is 2.55. The smallest absolute Gasteiger partial charge is 0.497 e. The van der Waals surface area contributed by atoms with Crippen LogP contribution in [0.5, 0.6) is 17.2 Å². The van der Waals surface area contributed by atoms with Crippen molar-refractivity contribution in [1.82, 2.24) is 19.6 Å². The first-order valence-electron chi connectivity index (χ1n) is 17.0. The number of β-amino-alcohol motifs (C(OH)–C–C–N with tert-alkyl or cyclic N) is 1. The zero-order valence-corrected chi connectivity index (χ0v) is 31.8. The summed E-state index contributed by atoms with van der Waals surface area (Å²) in [5.41, 5.74) is -1.56. The number of carbonyl (C=O) groups is 2. The maximum atomic E-state index is 15.7. The molecule has 3 heterocycles. The van der Waals surface area contributed by atoms with Crippen LogP contribution in [-0.4, -0.2) is 132 Å². The summed E-state index contributed by atoms with van der Waals surface area (Å²) in [6.07, 6.45) is -6.56. The zero-order chi connectivity index (χ0) is 39.3. The molecule has 0 aromatic heterocycles. The van der Waals surface area contributed by atoms with E-state index in [1.165, 1.54) is 56.3 Å². The normalized spacial score (nSPS) is 22.7. The van der Waals surface area contributed by atoms with E-state index in [1.807, 2.05) is 13.1 Å². The Bertz CT molecular complexity index is 2050. The maximum absolute atomic E-state index is 15.7. The van der Waals surface area contributed by atoms with E-state index in [9.17, 15) is 31.5 Å². The van der Waals surface area contributed by atoms with Crippen molar-refractivity contribution in [2.45, 2.75) is 41.9 Å². The summed E-state index contributed by atoms with van der Waals surface area (Å²) in [4.78, 5) is 35.8. The van der Waals surface area contributed by atoms with E-state index < -0.39 is 56.5 Å². The number of likely N-dealkylation sites (tertiary alicyclic amines) is 1. The number of ether oxygens (including phenoxy) is 3. The molecule has 0 radical (unpaired) electrons. The summed E-state index contributed by atoms with van der Waals surface area (Å²) in [7, 11) is 2.36. The molecule has 0 saturated carbocycles. The number of aliphatic hydroxyl groups excluding tert-OH is 1. The predicted molar refractivity (Wildman–Crippen MR) is 192 cm³/mol. The average molecular weight is 796 g/mol. The number of halogens is 4. The van der Waals surface area contributed by atoms with Crippen molar-refractivity contribution in [3.8, 4) is 17.2 Å². The summed E-state index contributed by atoms with van der Waals surface area (Å²) in [5, 5.41) is 11.3. The molecule has 2 amide bonds. The molecular formula is C36H41ClF3N5O8S. The molecule has 0 aliphatic carbocycles. The number of rotatable bonds is 10. The van der Waals surface area contributed by atoms with Crippen LogP contribution in [0.2, 0.25) is 5.02 Å². The number of hydrogen-bond acceptors (Lipinski definition) is 11. The number of piperazine rings is 1. The maximum Gasteiger partial charge on any atom is 0.573 e. The molecule has 18 heteroatoms. The molecule has 0 spiro atoms. The lowest BCUT2D eigenvalue weighted by atomic mass is 9.80. The van der Waals surface area contributed by atoms with Crippen LogP contribution >= 0.6 is 11.6 Å². The molecule has 292 valence electrons. The van der Waals surface area contributed by atoms with Gasteiger partial charge in [-0.2, -0.15) is 0 Å². The van der Waals surface area contributed by atoms with Crippen molar-refractivity contribution < 1.29 is 50.5 Å². The molecule has 6 rings (SSSR count). The average Bonchev–Trinajstić information content (AvgIpc) is 3.62. The predicted octanol–water partition coefficient (Wildman–Crippen LogP) is 3.51. The Balaban J connectivity index is 1.64. The summed E-state index contributed by atoms with van der Waals surface area (Å²) in [5.74, 6) is -2.76. The monoisotopic (exact) mass is 795 g/mol. The van der Waals surface area contributed by atoms with Gasteiger partial charge in [0.25, 0.3) is 15.9 Å². The van der Waals surface area contributed by atoms with Gasteiger partial charge in [0.05, 0.1) is 32.1 Å². The third-order valence-electron chi connectivity index (χ3n) is 10.0. The highest BCUT2D eigenvalue weighted by molar-refractivity contribution is 7.93. The fourth-order valence-electron chi connectivity index (χ4n) is 7.53. The fraction of sp³-hybridized carbons (Fsp3) is 0.444. The molecule has 3 aromatic rings. The molecule has 3 aromatic carbocycles. The van der Waals surface area contributed by atoms with Crippen molar-refractivity contribution >= 4 is 39.1 Å². The van der Waals surface area contributed by atoms with Gasteiger partial charge in [-0.15, -0.1) is 13.2 Å². The van der Waals surface area contributed by atoms with Crippen LogP contribution < -0.4 is 18.5 Å². The Morgan fingerprint density at radius 3 is 2.31 bits per heavy atom. The summed E-state index contributed by atoms with van der Waals surface area (Å²) in [6.45, 7) is 3.35. The van der Waals surface area contributed by atoms with E-state index >= 15 is 4.79 Å². The van der Waals surface area contributed by atoms with Gasteiger partial charge in [0, 0.05) is 75.6 Å². The number of sulfonamides is 1. The minimum atomic E-state index is -5.32. The van der Waals surface area contributed by atoms with Crippen LogP contribution in [0.4, 0.5) is 18.9 Å². The lowest BCUT2D eigenvalue weighted by Gasteiger charge is -2.42. The molecular weight excluding hydrogens is 755 g/mol. The minimum Gasteiger partial charge on any atom is -0.497 e. The lowest BCUT2D eigenvalue weighted by Crippen LogP contribution is -2.59. The van der Waals surface area contributed by atoms with Gasteiger partial charge in [-0.3, -0.25) is 19.4 Å². The van der Waals surface area contributed by atoms with Gasteiger partial charge in [-0.1, -0.05) is 17.7 Å². The first kappa shape index (κ1) is 39.6. The Morgan fingerprint density at radius 1 is 0.981 bits per heavy atom. The Hall–Kier alpha value is -4.13. The van der Waals surface area contributed by atoms with Gasteiger partial charge >= 0.3 is 6.36 Å². The number of benzene rings is 3. The molecule has 3 aliphatic heterocycles. The van der Waals surface area contributed by atoms with E-state index in [4.69, 9.17) is 21.1 Å². The number of anilines is 1. The summed E-state index contributed by atoms with van der Waals surface area (Å²) in [6, 6.07) is 10.8. The molecule has 3 aliphatic rings. The fourth-order valence-corrected chi connectivity index (χ4v) is 9.26. The van der Waals surface area contributed by atoms with Crippen molar-refractivity contribution in [1.29, 1.82) is 0 Å². The van der Waals surface area contributed by atoms with Crippen LogP contribution in [0.1, 0.15) is 23.1 Å². The van der Waals surface area contributed by atoms with Gasteiger partial charge in [0.15, 0.2) is 11.3 Å². The molecule has 2 fully saturated rings. The van der Waals surface area contributed by atoms with Gasteiger partial charge in [0.1, 0.15) is 16.4 Å². The van der Waals surface area contributed by atoms with Gasteiger partial charge in [-0.05, 0) is 61.5 Å². The molecule has 54 heavy (non-hydrogen) atoms. The number of alkyl halides is 3. The second-order valence-electron chi connectivity index (χ2n) is 13.7. The molecule has 13 nitrogen and oxygen atoms in total. The van der Waals surface area contributed by atoms with Gasteiger partial charge in [0.2, 0.25) is 5.91 Å². The van der Waals surface area contributed by atoms with Crippen molar-refractivity contribution in [3.05, 3.63) is 76.3 Å². The molecule has 1 unspecified atom stereocenters. The van der Waals surface area contributed by atoms with E-state index in [2.05, 4.69) is 14.5 Å². The van der Waals surface area contributed by atoms with Crippen molar-refractivity contribution in [2.24, 2.45) is 0 Å². The quantitative estimate of drug-likeness (QED) is 0.324. The third-order valence-corrected chi connectivity index (χ3v) is 12.0. The SMILES string of the molecule is COc1ccc(S(=O)(=O)N2C(=O)C(c3cc(CN4CCN(C)CC4)ccc3OC)(N3C[C@H](O)C[C@H]3C(=O)N(C)C)c3cc(Cl)ccc32)c(OC(F)(F)F)c1. The number of likely N-dealkylation sites (N-methyl/N-ethyl adjacent to an activating group) is 2. The molecule has 2 saturated heterocycles. The van der Waals surface area contributed by atoms with E-state index in [-0.39, 0.29) is 46.3 Å². The third kappa shape index (κ3) is 7.08. The number of fused-ring (bicyclic) bond motifs is 1. The van der Waals surface area contributed by atoms with Crippen molar-refractivity contribution in [3.63, 3.8) is 0 Å². The lowest BCUT2D eigenvalue weighted by molar-refractivity contribution is -0.275.